The van der Waals surface area contributed by atoms with Crippen LogP contribution in [0, 0.1) is 6.92 Å². The fraction of sp³-hybridized carbons (Fsp3) is 0.562. The van der Waals surface area contributed by atoms with E-state index in [9.17, 15) is 4.79 Å². The van der Waals surface area contributed by atoms with Crippen molar-refractivity contribution in [2.75, 3.05) is 5.73 Å². The van der Waals surface area contributed by atoms with Gasteiger partial charge < -0.3 is 15.8 Å². The van der Waals surface area contributed by atoms with Crippen molar-refractivity contribution in [3.05, 3.63) is 23.8 Å². The molecule has 0 spiro atoms. The molecule has 1 unspecified atom stereocenters. The van der Waals surface area contributed by atoms with Crippen LogP contribution in [0.3, 0.4) is 0 Å². The lowest BCUT2D eigenvalue weighted by Crippen LogP contribution is -2.43. The number of carbonyl (C=O) groups excluding carboxylic acids is 1. The molecule has 4 nitrogen and oxygen atoms in total. The largest absolute Gasteiger partial charge is 0.481 e. The average molecular weight is 276 g/mol. The van der Waals surface area contributed by atoms with Crippen molar-refractivity contribution in [2.45, 2.75) is 58.1 Å². The number of hydrogen-bond donors (Lipinski definition) is 2. The summed E-state index contributed by atoms with van der Waals surface area (Å²) in [6, 6.07) is 5.82. The minimum absolute atomic E-state index is 0.0428. The van der Waals surface area contributed by atoms with Crippen molar-refractivity contribution < 1.29 is 9.53 Å². The van der Waals surface area contributed by atoms with Crippen LogP contribution in [-0.4, -0.2) is 18.1 Å². The Bertz CT molecular complexity index is 468. The average Bonchev–Trinajstić information content (AvgIpc) is 2.45. The zero-order chi connectivity index (χ0) is 14.5. The van der Waals surface area contributed by atoms with E-state index in [2.05, 4.69) is 5.32 Å². The number of amides is 1. The number of rotatable bonds is 4. The summed E-state index contributed by atoms with van der Waals surface area (Å²) in [6.07, 6.45) is 5.34. The predicted molar refractivity (Wildman–Crippen MR) is 80.7 cm³/mol. The van der Waals surface area contributed by atoms with E-state index in [-0.39, 0.29) is 5.91 Å². The molecule has 1 aliphatic rings. The molecule has 0 heterocycles. The van der Waals surface area contributed by atoms with Gasteiger partial charge in [-0.2, -0.15) is 0 Å². The molecule has 1 aromatic rings. The number of nitrogen functional groups attached to an aromatic ring is 1. The minimum Gasteiger partial charge on any atom is -0.481 e. The van der Waals surface area contributed by atoms with Crippen LogP contribution < -0.4 is 15.8 Å². The van der Waals surface area contributed by atoms with Crippen molar-refractivity contribution in [3.8, 4) is 5.75 Å². The number of nitrogens with two attached hydrogens (primary N) is 1. The molecule has 1 amide bonds. The Morgan fingerprint density at radius 1 is 1.35 bits per heavy atom. The number of ether oxygens (including phenoxy) is 1. The van der Waals surface area contributed by atoms with Gasteiger partial charge in [0, 0.05) is 17.3 Å². The van der Waals surface area contributed by atoms with Crippen LogP contribution in [0.1, 0.15) is 44.6 Å². The Balaban J connectivity index is 1.91. The van der Waals surface area contributed by atoms with Gasteiger partial charge in [-0.25, -0.2) is 0 Å². The van der Waals surface area contributed by atoms with Crippen LogP contribution in [0.2, 0.25) is 0 Å². The lowest BCUT2D eigenvalue weighted by molar-refractivity contribution is -0.128. The summed E-state index contributed by atoms with van der Waals surface area (Å²) in [6.45, 7) is 3.68. The quantitative estimate of drug-likeness (QED) is 0.831. The lowest BCUT2D eigenvalue weighted by atomic mass is 9.95. The van der Waals surface area contributed by atoms with E-state index >= 15 is 0 Å². The molecule has 4 heteroatoms. The Morgan fingerprint density at radius 2 is 2.05 bits per heavy atom. The Morgan fingerprint density at radius 3 is 2.75 bits per heavy atom. The highest BCUT2D eigenvalue weighted by Gasteiger charge is 2.21. The number of nitrogens with one attached hydrogen (secondary N) is 1. The van der Waals surface area contributed by atoms with E-state index in [1.165, 1.54) is 19.3 Å². The van der Waals surface area contributed by atoms with Gasteiger partial charge >= 0.3 is 0 Å². The SMILES string of the molecule is Cc1c(N)cccc1OC(C)C(=O)NC1CCCCC1. The maximum atomic E-state index is 12.1. The van der Waals surface area contributed by atoms with Crippen LogP contribution in [0.5, 0.6) is 5.75 Å². The first-order valence-electron chi connectivity index (χ1n) is 7.40. The van der Waals surface area contributed by atoms with E-state index in [0.29, 0.717) is 17.5 Å². The Hall–Kier alpha value is -1.71. The van der Waals surface area contributed by atoms with Gasteiger partial charge in [0.15, 0.2) is 6.10 Å². The third-order valence-corrected chi connectivity index (χ3v) is 3.95. The first kappa shape index (κ1) is 14.7. The van der Waals surface area contributed by atoms with Crippen LogP contribution in [0.4, 0.5) is 5.69 Å². The highest BCUT2D eigenvalue weighted by molar-refractivity contribution is 5.81. The highest BCUT2D eigenvalue weighted by Crippen LogP contribution is 2.24. The summed E-state index contributed by atoms with van der Waals surface area (Å²) < 4.78 is 5.74. The normalized spacial score (nSPS) is 17.5. The zero-order valence-electron chi connectivity index (χ0n) is 12.3. The van der Waals surface area contributed by atoms with Gasteiger partial charge in [-0.15, -0.1) is 0 Å². The number of benzene rings is 1. The van der Waals surface area contributed by atoms with Gasteiger partial charge in [-0.3, -0.25) is 4.79 Å². The molecule has 1 atom stereocenters. The number of carbonyl (C=O) groups is 1. The van der Waals surface area contributed by atoms with Crippen molar-refractivity contribution in [1.29, 1.82) is 0 Å². The molecular formula is C16H24N2O2. The van der Waals surface area contributed by atoms with E-state index in [0.717, 1.165) is 18.4 Å². The van der Waals surface area contributed by atoms with Gasteiger partial charge in [0.2, 0.25) is 0 Å². The molecular weight excluding hydrogens is 252 g/mol. The summed E-state index contributed by atoms with van der Waals surface area (Å²) in [5, 5.41) is 3.08. The molecule has 0 aliphatic heterocycles. The third-order valence-electron chi connectivity index (χ3n) is 3.95. The van der Waals surface area contributed by atoms with Crippen molar-refractivity contribution in [2.24, 2.45) is 0 Å². The fourth-order valence-electron chi connectivity index (χ4n) is 2.57. The summed E-state index contributed by atoms with van der Waals surface area (Å²) in [5.41, 5.74) is 7.40. The molecule has 1 aromatic carbocycles. The maximum absolute atomic E-state index is 12.1. The first-order valence-corrected chi connectivity index (χ1v) is 7.40. The second-order valence-electron chi connectivity index (χ2n) is 5.57. The van der Waals surface area contributed by atoms with Gasteiger partial charge in [-0.1, -0.05) is 25.3 Å². The smallest absolute Gasteiger partial charge is 0.260 e. The molecule has 2 rings (SSSR count). The summed E-state index contributed by atoms with van der Waals surface area (Å²) >= 11 is 0. The highest BCUT2D eigenvalue weighted by atomic mass is 16.5. The maximum Gasteiger partial charge on any atom is 0.260 e. The van der Waals surface area contributed by atoms with E-state index in [1.807, 2.05) is 25.1 Å². The summed E-state index contributed by atoms with van der Waals surface area (Å²) in [7, 11) is 0. The molecule has 0 aromatic heterocycles. The molecule has 110 valence electrons. The monoisotopic (exact) mass is 276 g/mol. The molecule has 0 saturated heterocycles. The summed E-state index contributed by atoms with van der Waals surface area (Å²) in [5.74, 6) is 0.634. The van der Waals surface area contributed by atoms with Crippen molar-refractivity contribution in [1.82, 2.24) is 5.32 Å². The molecule has 1 aliphatic carbocycles. The van der Waals surface area contributed by atoms with Crippen molar-refractivity contribution in [3.63, 3.8) is 0 Å². The van der Waals surface area contributed by atoms with Crippen LogP contribution in [0.25, 0.3) is 0 Å². The van der Waals surface area contributed by atoms with Gasteiger partial charge in [0.25, 0.3) is 5.91 Å². The molecule has 1 saturated carbocycles. The van der Waals surface area contributed by atoms with Crippen LogP contribution in [0.15, 0.2) is 18.2 Å². The molecule has 0 radical (unpaired) electrons. The lowest BCUT2D eigenvalue weighted by Gasteiger charge is -2.25. The van der Waals surface area contributed by atoms with E-state index in [4.69, 9.17) is 10.5 Å². The first-order chi connectivity index (χ1) is 9.58. The number of anilines is 1. The van der Waals surface area contributed by atoms with Crippen LogP contribution >= 0.6 is 0 Å². The predicted octanol–water partition coefficient (Wildman–Crippen LogP) is 2.79. The van der Waals surface area contributed by atoms with E-state index < -0.39 is 6.10 Å². The third kappa shape index (κ3) is 3.65. The van der Waals surface area contributed by atoms with E-state index in [1.54, 1.807) is 6.92 Å². The molecule has 3 N–H and O–H groups in total. The zero-order valence-corrected chi connectivity index (χ0v) is 12.3. The number of hydrogen-bond acceptors (Lipinski definition) is 3. The van der Waals surface area contributed by atoms with Crippen molar-refractivity contribution >= 4 is 11.6 Å². The fourth-order valence-corrected chi connectivity index (χ4v) is 2.57. The summed E-state index contributed by atoms with van der Waals surface area (Å²) in [4.78, 5) is 12.1. The second-order valence-corrected chi connectivity index (χ2v) is 5.57. The Kier molecular flexibility index (Phi) is 4.88. The second kappa shape index (κ2) is 6.64. The van der Waals surface area contributed by atoms with Crippen LogP contribution in [-0.2, 0) is 4.79 Å². The topological polar surface area (TPSA) is 64.3 Å². The van der Waals surface area contributed by atoms with Gasteiger partial charge in [0.1, 0.15) is 5.75 Å². The molecule has 1 fully saturated rings. The van der Waals surface area contributed by atoms with Gasteiger partial charge in [0.05, 0.1) is 0 Å². The Labute approximate surface area is 120 Å². The molecule has 20 heavy (non-hydrogen) atoms. The van der Waals surface area contributed by atoms with Gasteiger partial charge in [-0.05, 0) is 38.8 Å². The molecule has 0 bridgehead atoms. The standard InChI is InChI=1S/C16H24N2O2/c1-11-14(17)9-6-10-15(11)20-12(2)16(19)18-13-7-4-3-5-8-13/h6,9-10,12-13H,3-5,7-8,17H2,1-2H3,(H,18,19). The minimum atomic E-state index is -0.502.